The van der Waals surface area contributed by atoms with Crippen LogP contribution in [0.25, 0.3) is 65.3 Å². The van der Waals surface area contributed by atoms with Gasteiger partial charge < -0.3 is 0 Å². The van der Waals surface area contributed by atoms with Crippen molar-refractivity contribution >= 4 is 69.6 Å². The molecular weight excluding hydrogens is 755 g/mol. The molecule has 0 aromatic heterocycles. The summed E-state index contributed by atoms with van der Waals surface area (Å²) in [4.78, 5) is 0. The fraction of sp³-hybridized carbons (Fsp3) is 0.191. The molecular formula is C47H46Cl2SiZr. The molecule has 8 aromatic rings. The minimum absolute atomic E-state index is 0.628. The van der Waals surface area contributed by atoms with Crippen molar-refractivity contribution in [2.24, 2.45) is 0 Å². The van der Waals surface area contributed by atoms with Gasteiger partial charge in [0.05, 0.1) is 0 Å². The van der Waals surface area contributed by atoms with Gasteiger partial charge in [-0.2, -0.15) is 12.1 Å². The second kappa shape index (κ2) is 19.0. The summed E-state index contributed by atoms with van der Waals surface area (Å²) >= 11 is -0.826. The molecule has 0 N–H and O–H groups in total. The van der Waals surface area contributed by atoms with E-state index in [1.807, 2.05) is 0 Å². The molecule has 0 saturated carbocycles. The Morgan fingerprint density at radius 1 is 0.608 bits per heavy atom. The zero-order chi connectivity index (χ0) is 36.3. The second-order valence-electron chi connectivity index (χ2n) is 13.2. The van der Waals surface area contributed by atoms with E-state index in [0.717, 1.165) is 9.52 Å². The summed E-state index contributed by atoms with van der Waals surface area (Å²) in [6.07, 6.45) is 2.48. The summed E-state index contributed by atoms with van der Waals surface area (Å²) in [7, 11) is 11.0. The van der Waals surface area contributed by atoms with Gasteiger partial charge in [0, 0.05) is 9.52 Å². The van der Waals surface area contributed by atoms with Crippen LogP contribution in [0, 0.1) is 13.8 Å². The van der Waals surface area contributed by atoms with E-state index >= 15 is 0 Å². The van der Waals surface area contributed by atoms with Crippen LogP contribution >= 0.6 is 17.0 Å². The van der Waals surface area contributed by atoms with E-state index in [-0.39, 0.29) is 0 Å². The van der Waals surface area contributed by atoms with Gasteiger partial charge in [-0.25, -0.2) is 0 Å². The zero-order valence-corrected chi connectivity index (χ0v) is 35.5. The zero-order valence-electron chi connectivity index (χ0n) is 30.5. The van der Waals surface area contributed by atoms with Crippen molar-refractivity contribution < 1.29 is 20.8 Å². The van der Waals surface area contributed by atoms with Crippen LogP contribution in [0.1, 0.15) is 49.3 Å². The standard InChI is InChI=1S/C24H23.C21H17.C2H6Si.2ClH.Zr/c1-3-8-17(2)20-15-19-11-7-14-23(24(19)16-20)22-13-6-10-18-9-4-5-12-21(18)22;1-14-12-20-15(2)10-11-19(21(20)13-14)18-9-5-7-16-6-3-4-8-17(16)18;1-3-2;;;/h4-7,9-17H,3,8H2,1-2H3;3-13H,1-2H3;1-2H3;2*1H;/q2*-1;;;;+4/p-2. The topological polar surface area (TPSA) is 0 Å². The monoisotopic (exact) mass is 798 g/mol. The predicted octanol–water partition coefficient (Wildman–Crippen LogP) is 15.4. The van der Waals surface area contributed by atoms with Gasteiger partial charge in [0.2, 0.25) is 0 Å². The number of hydrogen-bond acceptors (Lipinski definition) is 0. The molecule has 4 heteroatoms. The second-order valence-corrected chi connectivity index (χ2v) is 17.9. The molecule has 0 bridgehead atoms. The average Bonchev–Trinajstić information content (AvgIpc) is 3.77. The van der Waals surface area contributed by atoms with Crippen LogP contribution in [-0.2, 0) is 20.8 Å². The van der Waals surface area contributed by atoms with E-state index in [2.05, 4.69) is 180 Å². The fourth-order valence-electron chi connectivity index (χ4n) is 7.12. The van der Waals surface area contributed by atoms with E-state index in [1.54, 1.807) is 0 Å². The Morgan fingerprint density at radius 3 is 1.67 bits per heavy atom. The predicted molar refractivity (Wildman–Crippen MR) is 227 cm³/mol. The van der Waals surface area contributed by atoms with Crippen LogP contribution in [0.15, 0.2) is 140 Å². The van der Waals surface area contributed by atoms with Gasteiger partial charge in [0.15, 0.2) is 0 Å². The summed E-state index contributed by atoms with van der Waals surface area (Å²) < 4.78 is 0. The number of fused-ring (bicyclic) bond motifs is 4. The summed E-state index contributed by atoms with van der Waals surface area (Å²) in [6.45, 7) is 13.3. The molecule has 0 saturated heterocycles. The van der Waals surface area contributed by atoms with Gasteiger partial charge in [0.1, 0.15) is 0 Å². The van der Waals surface area contributed by atoms with Crippen LogP contribution in [0.3, 0.4) is 0 Å². The molecule has 1 atom stereocenters. The van der Waals surface area contributed by atoms with Gasteiger partial charge in [-0.15, -0.1) is 68.6 Å². The van der Waals surface area contributed by atoms with Crippen molar-refractivity contribution in [2.45, 2.75) is 59.5 Å². The van der Waals surface area contributed by atoms with Crippen LogP contribution in [-0.4, -0.2) is 9.52 Å². The SMILES string of the molecule is CCCC(C)c1cc2c(-c3cccc4ccccc34)cccc2[cH-]1.C[Si]C.Cc1cc2c(-c3cccc4ccccc34)ccc(C)c2[cH-]1.[Cl][Zr+2][Cl]. The molecule has 1 unspecified atom stereocenters. The molecule has 0 aliphatic carbocycles. The third-order valence-corrected chi connectivity index (χ3v) is 9.47. The Balaban J connectivity index is 0.000000173. The quantitative estimate of drug-likeness (QED) is 0.120. The fourth-order valence-corrected chi connectivity index (χ4v) is 7.12. The number of hydrogen-bond donors (Lipinski definition) is 0. The maximum atomic E-state index is 4.93. The molecule has 0 amide bonds. The molecule has 2 radical (unpaired) electrons. The Kier molecular flexibility index (Phi) is 14.5. The number of aryl methyl sites for hydroxylation is 2. The van der Waals surface area contributed by atoms with Crippen LogP contribution in [0.2, 0.25) is 13.1 Å². The molecule has 51 heavy (non-hydrogen) atoms. The first-order valence-corrected chi connectivity index (χ1v) is 26.0. The van der Waals surface area contributed by atoms with Gasteiger partial charge in [-0.05, 0) is 45.0 Å². The maximum absolute atomic E-state index is 4.93. The Morgan fingerprint density at radius 2 is 1.10 bits per heavy atom. The van der Waals surface area contributed by atoms with Gasteiger partial charge >= 0.3 is 37.9 Å². The van der Waals surface area contributed by atoms with Crippen molar-refractivity contribution in [3.63, 3.8) is 0 Å². The summed E-state index contributed by atoms with van der Waals surface area (Å²) in [5.74, 6) is 0.628. The minimum atomic E-state index is -0.826. The number of halogens is 2. The van der Waals surface area contributed by atoms with Crippen molar-refractivity contribution in [2.75, 3.05) is 0 Å². The van der Waals surface area contributed by atoms with Crippen LogP contribution < -0.4 is 0 Å². The Hall–Kier alpha value is -3.26. The molecule has 0 aliphatic rings. The van der Waals surface area contributed by atoms with Crippen molar-refractivity contribution in [3.8, 4) is 22.3 Å². The van der Waals surface area contributed by atoms with E-state index in [9.17, 15) is 0 Å². The Labute approximate surface area is 326 Å². The van der Waals surface area contributed by atoms with Crippen LogP contribution in [0.4, 0.5) is 0 Å². The summed E-state index contributed by atoms with van der Waals surface area (Å²) in [6, 6.07) is 51.0. The summed E-state index contributed by atoms with van der Waals surface area (Å²) in [5.41, 5.74) is 9.49. The first-order chi connectivity index (χ1) is 24.8. The van der Waals surface area contributed by atoms with Gasteiger partial charge in [0.25, 0.3) is 0 Å². The Bertz CT molecular complexity index is 2320. The van der Waals surface area contributed by atoms with E-state index < -0.39 is 20.8 Å². The molecule has 0 heterocycles. The van der Waals surface area contributed by atoms with Crippen molar-refractivity contribution in [1.29, 1.82) is 0 Å². The van der Waals surface area contributed by atoms with Gasteiger partial charge in [-0.1, -0.05) is 155 Å². The van der Waals surface area contributed by atoms with E-state index in [4.69, 9.17) is 17.0 Å². The van der Waals surface area contributed by atoms with Crippen molar-refractivity contribution in [3.05, 3.63) is 156 Å². The van der Waals surface area contributed by atoms with Crippen LogP contribution in [0.5, 0.6) is 0 Å². The molecule has 0 fully saturated rings. The molecule has 256 valence electrons. The first-order valence-electron chi connectivity index (χ1n) is 17.7. The molecule has 0 nitrogen and oxygen atoms in total. The number of rotatable bonds is 5. The molecule has 8 rings (SSSR count). The molecule has 0 spiro atoms. The average molecular weight is 801 g/mol. The number of benzene rings is 6. The van der Waals surface area contributed by atoms with Crippen molar-refractivity contribution in [1.82, 2.24) is 0 Å². The third-order valence-electron chi connectivity index (χ3n) is 9.47. The summed E-state index contributed by atoms with van der Waals surface area (Å²) in [5, 5.41) is 10.7. The molecule has 8 aromatic carbocycles. The molecule has 0 aliphatic heterocycles. The first kappa shape index (κ1) is 39.0. The van der Waals surface area contributed by atoms with Gasteiger partial charge in [-0.3, -0.25) is 0 Å². The van der Waals surface area contributed by atoms with E-state index in [1.165, 1.54) is 94.9 Å². The normalized spacial score (nSPS) is 11.2. The third kappa shape index (κ3) is 9.22. The van der Waals surface area contributed by atoms with E-state index in [0.29, 0.717) is 5.92 Å².